The SMILES string of the molecule is CC1(C)OB(c2cc(N)cc(Cl)c2C2CC2)OC1(C)C. The molecule has 0 bridgehead atoms. The van der Waals surface area contributed by atoms with Gasteiger partial charge in [-0.25, -0.2) is 0 Å². The zero-order valence-corrected chi connectivity index (χ0v) is 13.3. The van der Waals surface area contributed by atoms with Gasteiger partial charge in [-0.3, -0.25) is 0 Å². The predicted molar refractivity (Wildman–Crippen MR) is 83.6 cm³/mol. The number of nitrogen functional groups attached to an aromatic ring is 1. The molecule has 1 aliphatic heterocycles. The van der Waals surface area contributed by atoms with Gasteiger partial charge in [-0.15, -0.1) is 0 Å². The van der Waals surface area contributed by atoms with E-state index in [2.05, 4.69) is 27.7 Å². The van der Waals surface area contributed by atoms with Crippen LogP contribution in [0.3, 0.4) is 0 Å². The van der Waals surface area contributed by atoms with Crippen LogP contribution in [0, 0.1) is 0 Å². The summed E-state index contributed by atoms with van der Waals surface area (Å²) in [5.41, 5.74) is 8.06. The summed E-state index contributed by atoms with van der Waals surface area (Å²) < 4.78 is 12.3. The molecule has 1 aliphatic carbocycles. The van der Waals surface area contributed by atoms with E-state index in [9.17, 15) is 0 Å². The number of hydrogen-bond acceptors (Lipinski definition) is 3. The third kappa shape index (κ3) is 2.24. The molecule has 0 spiro atoms. The van der Waals surface area contributed by atoms with E-state index in [-0.39, 0.29) is 11.2 Å². The van der Waals surface area contributed by atoms with Crippen molar-refractivity contribution in [2.45, 2.75) is 57.7 Å². The molecule has 0 amide bonds. The first-order valence-electron chi connectivity index (χ1n) is 7.16. The third-order valence-corrected chi connectivity index (χ3v) is 4.99. The van der Waals surface area contributed by atoms with Crippen LogP contribution in [0.15, 0.2) is 12.1 Å². The summed E-state index contributed by atoms with van der Waals surface area (Å²) in [4.78, 5) is 0. The van der Waals surface area contributed by atoms with E-state index in [0.29, 0.717) is 11.6 Å². The number of halogens is 1. The highest BCUT2D eigenvalue weighted by Gasteiger charge is 2.53. The van der Waals surface area contributed by atoms with Crippen molar-refractivity contribution in [3.8, 4) is 0 Å². The van der Waals surface area contributed by atoms with Crippen molar-refractivity contribution in [2.24, 2.45) is 0 Å². The van der Waals surface area contributed by atoms with Crippen molar-refractivity contribution >= 4 is 29.9 Å². The second kappa shape index (κ2) is 4.39. The summed E-state index contributed by atoms with van der Waals surface area (Å²) in [5, 5.41) is 0.734. The molecule has 1 saturated carbocycles. The largest absolute Gasteiger partial charge is 0.495 e. The summed E-state index contributed by atoms with van der Waals surface area (Å²) in [6, 6.07) is 3.77. The Balaban J connectivity index is 2.03. The van der Waals surface area contributed by atoms with E-state index < -0.39 is 7.12 Å². The second-order valence-electron chi connectivity index (χ2n) is 6.87. The van der Waals surface area contributed by atoms with Crippen LogP contribution in [-0.2, 0) is 9.31 Å². The lowest BCUT2D eigenvalue weighted by atomic mass is 9.74. The van der Waals surface area contributed by atoms with Crippen molar-refractivity contribution in [1.82, 2.24) is 0 Å². The summed E-state index contributed by atoms with van der Waals surface area (Å²) in [6.07, 6.45) is 2.35. The van der Waals surface area contributed by atoms with Gasteiger partial charge in [0.2, 0.25) is 0 Å². The molecular formula is C15H21BClNO2. The molecule has 1 aromatic rings. The van der Waals surface area contributed by atoms with Crippen LogP contribution in [0.4, 0.5) is 5.69 Å². The van der Waals surface area contributed by atoms with Crippen molar-refractivity contribution in [2.75, 3.05) is 5.73 Å². The molecule has 0 atom stereocenters. The first kappa shape index (κ1) is 14.2. The molecule has 2 N–H and O–H groups in total. The van der Waals surface area contributed by atoms with Gasteiger partial charge >= 0.3 is 7.12 Å². The standard InChI is InChI=1S/C15H21BClNO2/c1-14(2)15(3,4)20-16(19-14)11-7-10(18)8-12(17)13(11)9-5-6-9/h7-9H,5-6,18H2,1-4H3. The summed E-state index contributed by atoms with van der Waals surface area (Å²) in [7, 11) is -0.392. The number of hydrogen-bond donors (Lipinski definition) is 1. The molecule has 0 aromatic heterocycles. The zero-order valence-electron chi connectivity index (χ0n) is 12.5. The highest BCUT2D eigenvalue weighted by molar-refractivity contribution is 6.63. The minimum atomic E-state index is -0.392. The highest BCUT2D eigenvalue weighted by Crippen LogP contribution is 2.44. The van der Waals surface area contributed by atoms with Crippen LogP contribution in [0.2, 0.25) is 5.02 Å². The van der Waals surface area contributed by atoms with Gasteiger partial charge in [-0.2, -0.15) is 0 Å². The highest BCUT2D eigenvalue weighted by atomic mass is 35.5. The average molecular weight is 294 g/mol. The van der Waals surface area contributed by atoms with Crippen molar-refractivity contribution in [3.63, 3.8) is 0 Å². The van der Waals surface area contributed by atoms with Gasteiger partial charge < -0.3 is 15.0 Å². The number of nitrogens with two attached hydrogens (primary N) is 1. The topological polar surface area (TPSA) is 44.5 Å². The first-order valence-corrected chi connectivity index (χ1v) is 7.53. The summed E-state index contributed by atoms with van der Waals surface area (Å²) in [6.45, 7) is 8.21. The molecule has 1 saturated heterocycles. The van der Waals surface area contributed by atoms with Gasteiger partial charge in [-0.05, 0) is 69.6 Å². The Morgan fingerprint density at radius 2 is 1.70 bits per heavy atom. The van der Waals surface area contributed by atoms with E-state index in [1.54, 1.807) is 0 Å². The average Bonchev–Trinajstić information content (AvgIpc) is 3.06. The third-order valence-electron chi connectivity index (χ3n) is 4.68. The second-order valence-corrected chi connectivity index (χ2v) is 7.28. The van der Waals surface area contributed by atoms with Crippen LogP contribution in [-0.4, -0.2) is 18.3 Å². The minimum Gasteiger partial charge on any atom is -0.399 e. The Labute approximate surface area is 125 Å². The Morgan fingerprint density at radius 3 is 2.20 bits per heavy atom. The molecule has 3 rings (SSSR count). The molecule has 1 aromatic carbocycles. The Bertz CT molecular complexity index is 539. The maximum Gasteiger partial charge on any atom is 0.495 e. The van der Waals surface area contributed by atoms with Crippen LogP contribution in [0.1, 0.15) is 52.0 Å². The molecule has 20 heavy (non-hydrogen) atoms. The quantitative estimate of drug-likeness (QED) is 0.673. The van der Waals surface area contributed by atoms with Gasteiger partial charge in [0.05, 0.1) is 11.2 Å². The molecule has 2 aliphatic rings. The van der Waals surface area contributed by atoms with Gasteiger partial charge in [0, 0.05) is 10.7 Å². The van der Waals surface area contributed by atoms with Crippen LogP contribution < -0.4 is 11.2 Å². The maximum atomic E-state index is 6.40. The number of benzene rings is 1. The fourth-order valence-electron chi connectivity index (χ4n) is 2.63. The van der Waals surface area contributed by atoms with Gasteiger partial charge in [0.15, 0.2) is 0 Å². The number of rotatable bonds is 2. The lowest BCUT2D eigenvalue weighted by Gasteiger charge is -2.32. The van der Waals surface area contributed by atoms with E-state index in [1.165, 1.54) is 12.8 Å². The van der Waals surface area contributed by atoms with Crippen LogP contribution in [0.25, 0.3) is 0 Å². The van der Waals surface area contributed by atoms with Crippen molar-refractivity contribution in [3.05, 3.63) is 22.7 Å². The Kier molecular flexibility index (Phi) is 3.13. The van der Waals surface area contributed by atoms with Gasteiger partial charge in [-0.1, -0.05) is 11.6 Å². The van der Waals surface area contributed by atoms with E-state index >= 15 is 0 Å². The summed E-state index contributed by atoms with van der Waals surface area (Å²) >= 11 is 6.40. The Hall–Kier alpha value is -0.705. The Morgan fingerprint density at radius 1 is 1.15 bits per heavy atom. The molecule has 1 heterocycles. The maximum absolute atomic E-state index is 6.40. The zero-order chi connectivity index (χ0) is 14.7. The number of anilines is 1. The van der Waals surface area contributed by atoms with Crippen LogP contribution in [0.5, 0.6) is 0 Å². The fourth-order valence-corrected chi connectivity index (χ4v) is 3.02. The van der Waals surface area contributed by atoms with Crippen molar-refractivity contribution < 1.29 is 9.31 Å². The fraction of sp³-hybridized carbons (Fsp3) is 0.600. The molecular weight excluding hydrogens is 272 g/mol. The molecule has 0 radical (unpaired) electrons. The first-order chi connectivity index (χ1) is 9.21. The smallest absolute Gasteiger partial charge is 0.399 e. The lowest BCUT2D eigenvalue weighted by Crippen LogP contribution is -2.41. The summed E-state index contributed by atoms with van der Waals surface area (Å²) in [5.74, 6) is 0.525. The minimum absolute atomic E-state index is 0.352. The van der Waals surface area contributed by atoms with E-state index in [4.69, 9.17) is 26.6 Å². The molecule has 108 valence electrons. The lowest BCUT2D eigenvalue weighted by molar-refractivity contribution is 0.00578. The monoisotopic (exact) mass is 293 g/mol. The van der Waals surface area contributed by atoms with Crippen molar-refractivity contribution in [1.29, 1.82) is 0 Å². The molecule has 3 nitrogen and oxygen atoms in total. The van der Waals surface area contributed by atoms with Crippen LogP contribution >= 0.6 is 11.6 Å². The predicted octanol–water partition coefficient (Wildman–Crippen LogP) is 3.10. The van der Waals surface area contributed by atoms with Gasteiger partial charge in [0.1, 0.15) is 0 Å². The van der Waals surface area contributed by atoms with Gasteiger partial charge in [0.25, 0.3) is 0 Å². The molecule has 5 heteroatoms. The normalized spacial score (nSPS) is 24.1. The van der Waals surface area contributed by atoms with E-state index in [0.717, 1.165) is 16.0 Å². The van der Waals surface area contributed by atoms with E-state index in [1.807, 2.05) is 12.1 Å². The molecule has 2 fully saturated rings. The molecule has 0 unspecified atom stereocenters.